The fourth-order valence-corrected chi connectivity index (χ4v) is 1.51. The third-order valence-corrected chi connectivity index (χ3v) is 2.46. The van der Waals surface area contributed by atoms with Crippen molar-refractivity contribution in [3.8, 4) is 11.5 Å². The number of rotatable bonds is 5. The summed E-state index contributed by atoms with van der Waals surface area (Å²) < 4.78 is 9.75. The van der Waals surface area contributed by atoms with Crippen molar-refractivity contribution in [2.45, 2.75) is 6.42 Å². The lowest BCUT2D eigenvalue weighted by molar-refractivity contribution is -0.150. The summed E-state index contributed by atoms with van der Waals surface area (Å²) in [5.41, 5.74) is 0. The van der Waals surface area contributed by atoms with Gasteiger partial charge in [0.1, 0.15) is 17.9 Å². The predicted octanol–water partition coefficient (Wildman–Crippen LogP) is 2.16. The van der Waals surface area contributed by atoms with E-state index >= 15 is 0 Å². The average molecular weight is 284 g/mol. The standard InChI is InChI=1S/C16H12O5/c17-14(16(19)21-13-9-5-2-6-10-13)11-15(18)20-12-7-3-1-4-8-12/h1-10H,11H2. The molecule has 0 spiro atoms. The highest BCUT2D eigenvalue weighted by molar-refractivity contribution is 6.37. The van der Waals surface area contributed by atoms with Crippen LogP contribution in [0.15, 0.2) is 60.7 Å². The topological polar surface area (TPSA) is 69.7 Å². The summed E-state index contributed by atoms with van der Waals surface area (Å²) in [5, 5.41) is 0. The summed E-state index contributed by atoms with van der Waals surface area (Å²) in [5.74, 6) is -2.30. The second-order valence-electron chi connectivity index (χ2n) is 4.09. The Morgan fingerprint density at radius 2 is 1.19 bits per heavy atom. The molecule has 106 valence electrons. The number of para-hydroxylation sites is 2. The lowest BCUT2D eigenvalue weighted by Gasteiger charge is -2.04. The van der Waals surface area contributed by atoms with Gasteiger partial charge in [-0.15, -0.1) is 0 Å². The van der Waals surface area contributed by atoms with Crippen LogP contribution in [0.25, 0.3) is 0 Å². The first-order chi connectivity index (χ1) is 10.1. The van der Waals surface area contributed by atoms with Gasteiger partial charge in [0, 0.05) is 0 Å². The third-order valence-electron chi connectivity index (χ3n) is 2.46. The van der Waals surface area contributed by atoms with Gasteiger partial charge in [0.15, 0.2) is 0 Å². The van der Waals surface area contributed by atoms with Crippen LogP contribution in [0.4, 0.5) is 0 Å². The van der Waals surface area contributed by atoms with Gasteiger partial charge in [-0.2, -0.15) is 0 Å². The Balaban J connectivity index is 1.86. The molecule has 2 aromatic carbocycles. The number of carbonyl (C=O) groups excluding carboxylic acids is 3. The molecule has 2 rings (SSSR count). The highest BCUT2D eigenvalue weighted by Crippen LogP contribution is 2.11. The number of carbonyl (C=O) groups is 3. The molecule has 0 heterocycles. The van der Waals surface area contributed by atoms with Crippen LogP contribution < -0.4 is 9.47 Å². The quantitative estimate of drug-likeness (QED) is 0.364. The van der Waals surface area contributed by atoms with Crippen LogP contribution in [-0.2, 0) is 14.4 Å². The maximum absolute atomic E-state index is 11.6. The van der Waals surface area contributed by atoms with Crippen LogP contribution in [0.3, 0.4) is 0 Å². The first-order valence-corrected chi connectivity index (χ1v) is 6.21. The van der Waals surface area contributed by atoms with Crippen LogP contribution in [0.1, 0.15) is 6.42 Å². The molecular formula is C16H12O5. The molecule has 0 amide bonds. The Morgan fingerprint density at radius 1 is 0.714 bits per heavy atom. The number of benzene rings is 2. The molecule has 0 radical (unpaired) electrons. The van der Waals surface area contributed by atoms with Crippen LogP contribution in [0.2, 0.25) is 0 Å². The Kier molecular flexibility index (Phi) is 4.82. The van der Waals surface area contributed by atoms with Crippen molar-refractivity contribution in [1.29, 1.82) is 0 Å². The van der Waals surface area contributed by atoms with Crippen molar-refractivity contribution in [3.05, 3.63) is 60.7 Å². The first-order valence-electron chi connectivity index (χ1n) is 6.21. The van der Waals surface area contributed by atoms with E-state index in [-0.39, 0.29) is 5.75 Å². The molecule has 0 unspecified atom stereocenters. The zero-order valence-electron chi connectivity index (χ0n) is 11.0. The molecule has 0 aliphatic heterocycles. The molecule has 0 N–H and O–H groups in total. The minimum atomic E-state index is -1.09. The zero-order chi connectivity index (χ0) is 15.1. The summed E-state index contributed by atoms with van der Waals surface area (Å²) in [6, 6.07) is 16.4. The van der Waals surface area contributed by atoms with E-state index in [2.05, 4.69) is 0 Å². The van der Waals surface area contributed by atoms with Crippen LogP contribution in [0.5, 0.6) is 11.5 Å². The van der Waals surface area contributed by atoms with Gasteiger partial charge >= 0.3 is 11.9 Å². The van der Waals surface area contributed by atoms with Gasteiger partial charge in [0.05, 0.1) is 0 Å². The van der Waals surface area contributed by atoms with Crippen LogP contribution in [-0.4, -0.2) is 17.7 Å². The Labute approximate surface area is 121 Å². The second kappa shape index (κ2) is 7.00. The molecule has 5 nitrogen and oxygen atoms in total. The maximum atomic E-state index is 11.6. The highest BCUT2D eigenvalue weighted by Gasteiger charge is 2.21. The number of esters is 2. The first kappa shape index (κ1) is 14.5. The van der Waals surface area contributed by atoms with Crippen molar-refractivity contribution in [1.82, 2.24) is 0 Å². The maximum Gasteiger partial charge on any atom is 0.380 e. The SMILES string of the molecule is O=C(CC(=O)C(=O)Oc1ccccc1)Oc1ccccc1. The van der Waals surface area contributed by atoms with Crippen molar-refractivity contribution < 1.29 is 23.9 Å². The highest BCUT2D eigenvalue weighted by atomic mass is 16.5. The van der Waals surface area contributed by atoms with E-state index in [9.17, 15) is 14.4 Å². The molecule has 2 aromatic rings. The summed E-state index contributed by atoms with van der Waals surface area (Å²) in [4.78, 5) is 34.6. The Morgan fingerprint density at radius 3 is 1.71 bits per heavy atom. The van der Waals surface area contributed by atoms with Crippen molar-refractivity contribution in [3.63, 3.8) is 0 Å². The van der Waals surface area contributed by atoms with E-state index < -0.39 is 24.1 Å². The Hall–Kier alpha value is -2.95. The average Bonchev–Trinajstić information content (AvgIpc) is 2.49. The fourth-order valence-electron chi connectivity index (χ4n) is 1.51. The molecule has 0 saturated carbocycles. The number of hydrogen-bond donors (Lipinski definition) is 0. The van der Waals surface area contributed by atoms with Gasteiger partial charge < -0.3 is 9.47 Å². The Bertz CT molecular complexity index is 634. The third kappa shape index (κ3) is 4.58. The lowest BCUT2D eigenvalue weighted by Crippen LogP contribution is -2.25. The second-order valence-corrected chi connectivity index (χ2v) is 4.09. The normalized spacial score (nSPS) is 9.71. The van der Waals surface area contributed by atoms with Gasteiger partial charge in [-0.1, -0.05) is 36.4 Å². The molecule has 5 heteroatoms. The summed E-state index contributed by atoms with van der Waals surface area (Å²) in [7, 11) is 0. The summed E-state index contributed by atoms with van der Waals surface area (Å²) >= 11 is 0. The van der Waals surface area contributed by atoms with Crippen molar-refractivity contribution >= 4 is 17.7 Å². The minimum absolute atomic E-state index is 0.243. The van der Waals surface area contributed by atoms with Gasteiger partial charge in [-0.3, -0.25) is 9.59 Å². The van der Waals surface area contributed by atoms with Gasteiger partial charge in [0.25, 0.3) is 5.78 Å². The van der Waals surface area contributed by atoms with E-state index in [4.69, 9.17) is 9.47 Å². The minimum Gasteiger partial charge on any atom is -0.426 e. The van der Waals surface area contributed by atoms with Gasteiger partial charge in [0.2, 0.25) is 0 Å². The van der Waals surface area contributed by atoms with E-state index in [0.717, 1.165) is 0 Å². The lowest BCUT2D eigenvalue weighted by atomic mass is 10.3. The number of ketones is 1. The van der Waals surface area contributed by atoms with E-state index in [1.807, 2.05) is 0 Å². The molecule has 0 saturated heterocycles. The molecular weight excluding hydrogens is 272 g/mol. The molecule has 0 aliphatic carbocycles. The van der Waals surface area contributed by atoms with Gasteiger partial charge in [-0.25, -0.2) is 4.79 Å². The molecule has 0 bridgehead atoms. The summed E-state index contributed by atoms with van der Waals surface area (Å²) in [6.07, 6.45) is -0.666. The molecule has 0 atom stereocenters. The molecule has 0 fully saturated rings. The number of ether oxygens (including phenoxy) is 2. The number of hydrogen-bond acceptors (Lipinski definition) is 5. The monoisotopic (exact) mass is 284 g/mol. The molecule has 0 aliphatic rings. The summed E-state index contributed by atoms with van der Waals surface area (Å²) in [6.45, 7) is 0. The van der Waals surface area contributed by atoms with Crippen molar-refractivity contribution in [2.24, 2.45) is 0 Å². The van der Waals surface area contributed by atoms with Crippen molar-refractivity contribution in [2.75, 3.05) is 0 Å². The zero-order valence-corrected chi connectivity index (χ0v) is 11.0. The fraction of sp³-hybridized carbons (Fsp3) is 0.0625. The van der Waals surface area contributed by atoms with Crippen LogP contribution in [0, 0.1) is 0 Å². The largest absolute Gasteiger partial charge is 0.426 e. The van der Waals surface area contributed by atoms with E-state index in [0.29, 0.717) is 5.75 Å². The molecule has 21 heavy (non-hydrogen) atoms. The van der Waals surface area contributed by atoms with Gasteiger partial charge in [-0.05, 0) is 24.3 Å². The van der Waals surface area contributed by atoms with Crippen LogP contribution >= 0.6 is 0 Å². The predicted molar refractivity (Wildman–Crippen MR) is 73.8 cm³/mol. The molecule has 0 aromatic heterocycles. The smallest absolute Gasteiger partial charge is 0.380 e. The van der Waals surface area contributed by atoms with E-state index in [1.54, 1.807) is 48.5 Å². The number of Topliss-reactive ketones (excluding diaryl/α,β-unsaturated/α-hetero) is 1. The van der Waals surface area contributed by atoms with E-state index in [1.165, 1.54) is 12.1 Å².